The molecule has 0 aromatic heterocycles. The van der Waals surface area contributed by atoms with Crippen molar-refractivity contribution in [2.45, 2.75) is 25.3 Å². The molecule has 0 radical (unpaired) electrons. The minimum absolute atomic E-state index is 0.147. The summed E-state index contributed by atoms with van der Waals surface area (Å²) < 4.78 is 0. The van der Waals surface area contributed by atoms with Crippen LogP contribution in [0.25, 0.3) is 10.8 Å². The highest BCUT2D eigenvalue weighted by Gasteiger charge is 2.41. The van der Waals surface area contributed by atoms with Crippen molar-refractivity contribution in [1.82, 2.24) is 5.32 Å². The van der Waals surface area contributed by atoms with Gasteiger partial charge in [0, 0.05) is 24.8 Å². The summed E-state index contributed by atoms with van der Waals surface area (Å²) in [6, 6.07) is 19.1. The van der Waals surface area contributed by atoms with Crippen molar-refractivity contribution >= 4 is 51.5 Å². The second-order valence-corrected chi connectivity index (χ2v) is 8.32. The molecule has 0 aliphatic carbocycles. The molecule has 0 saturated carbocycles. The van der Waals surface area contributed by atoms with Crippen LogP contribution in [0.5, 0.6) is 0 Å². The second-order valence-electron chi connectivity index (χ2n) is 7.51. The van der Waals surface area contributed by atoms with E-state index in [0.29, 0.717) is 23.0 Å². The molecule has 29 heavy (non-hydrogen) atoms. The van der Waals surface area contributed by atoms with Crippen molar-refractivity contribution in [1.29, 1.82) is 0 Å². The van der Waals surface area contributed by atoms with Crippen LogP contribution in [0.1, 0.15) is 18.9 Å². The molecule has 2 amide bonds. The summed E-state index contributed by atoms with van der Waals surface area (Å²) in [5, 5.41) is 5.83. The van der Waals surface area contributed by atoms with Crippen molar-refractivity contribution in [2.24, 2.45) is 0 Å². The molecular weight excluding hydrogens is 407 g/mol. The van der Waals surface area contributed by atoms with Gasteiger partial charge in [-0.15, -0.1) is 0 Å². The lowest BCUT2D eigenvalue weighted by Crippen LogP contribution is -2.56. The maximum atomic E-state index is 13.7. The van der Waals surface area contributed by atoms with Crippen LogP contribution < -0.4 is 10.2 Å². The Morgan fingerprint density at radius 1 is 1.00 bits per heavy atom. The third-order valence-electron chi connectivity index (χ3n) is 5.29. The quantitative estimate of drug-likeness (QED) is 0.640. The minimum Gasteiger partial charge on any atom is -0.342 e. The highest BCUT2D eigenvalue weighted by molar-refractivity contribution is 6.42. The number of fused-ring (bicyclic) bond motifs is 1. The zero-order chi connectivity index (χ0) is 20.6. The first-order chi connectivity index (χ1) is 13.9. The summed E-state index contributed by atoms with van der Waals surface area (Å²) in [5.74, 6) is -0.297. The Balaban J connectivity index is 1.75. The summed E-state index contributed by atoms with van der Waals surface area (Å²) in [4.78, 5) is 27.8. The Labute approximate surface area is 179 Å². The number of amides is 2. The van der Waals surface area contributed by atoms with E-state index in [4.69, 9.17) is 23.2 Å². The van der Waals surface area contributed by atoms with Crippen molar-refractivity contribution in [3.05, 3.63) is 76.3 Å². The lowest BCUT2D eigenvalue weighted by molar-refractivity contribution is -0.129. The van der Waals surface area contributed by atoms with Crippen LogP contribution in [0, 0.1) is 0 Å². The molecule has 3 aromatic carbocycles. The Morgan fingerprint density at radius 2 is 1.76 bits per heavy atom. The second kappa shape index (κ2) is 7.69. The SMILES string of the molecule is C[C@@]1(Cc2ccc(Cl)c(Cl)c2)NC(=O)CCN(c2cccc3ccccc23)C1=O. The fourth-order valence-corrected chi connectivity index (χ4v) is 4.21. The molecule has 0 spiro atoms. The number of carbonyl (C=O) groups is 2. The van der Waals surface area contributed by atoms with Gasteiger partial charge < -0.3 is 10.2 Å². The predicted molar refractivity (Wildman–Crippen MR) is 118 cm³/mol. The monoisotopic (exact) mass is 426 g/mol. The molecule has 1 aliphatic rings. The van der Waals surface area contributed by atoms with Crippen LogP contribution in [0.3, 0.4) is 0 Å². The van der Waals surface area contributed by atoms with Crippen LogP contribution in [0.15, 0.2) is 60.7 Å². The van der Waals surface area contributed by atoms with Crippen molar-refractivity contribution < 1.29 is 9.59 Å². The van der Waals surface area contributed by atoms with Crippen molar-refractivity contribution in [3.63, 3.8) is 0 Å². The molecule has 6 heteroatoms. The normalized spacial score (nSPS) is 19.9. The maximum Gasteiger partial charge on any atom is 0.252 e. The average molecular weight is 427 g/mol. The van der Waals surface area contributed by atoms with Crippen LogP contribution >= 0.6 is 23.2 Å². The zero-order valence-corrected chi connectivity index (χ0v) is 17.4. The van der Waals surface area contributed by atoms with E-state index in [1.54, 1.807) is 24.0 Å². The van der Waals surface area contributed by atoms with Crippen molar-refractivity contribution in [3.8, 4) is 0 Å². The summed E-state index contributed by atoms with van der Waals surface area (Å²) in [7, 11) is 0. The number of rotatable bonds is 3. The lowest BCUT2D eigenvalue weighted by atomic mass is 9.91. The van der Waals surface area contributed by atoms with Gasteiger partial charge in [-0.2, -0.15) is 0 Å². The number of halogens is 2. The minimum atomic E-state index is -1.10. The third-order valence-corrected chi connectivity index (χ3v) is 6.03. The number of hydrogen-bond acceptors (Lipinski definition) is 2. The van der Waals surface area contributed by atoms with Gasteiger partial charge in [0.05, 0.1) is 15.7 Å². The van der Waals surface area contributed by atoms with E-state index in [0.717, 1.165) is 22.0 Å². The van der Waals surface area contributed by atoms with E-state index in [1.165, 1.54) is 0 Å². The number of benzene rings is 3. The average Bonchev–Trinajstić information content (AvgIpc) is 2.81. The molecule has 1 saturated heterocycles. The summed E-state index contributed by atoms with van der Waals surface area (Å²) in [5.41, 5.74) is 0.544. The van der Waals surface area contributed by atoms with Gasteiger partial charge in [-0.3, -0.25) is 9.59 Å². The van der Waals surface area contributed by atoms with Gasteiger partial charge in [0.2, 0.25) is 5.91 Å². The molecule has 148 valence electrons. The van der Waals surface area contributed by atoms with E-state index < -0.39 is 5.54 Å². The Bertz CT molecular complexity index is 1110. The van der Waals surface area contributed by atoms with E-state index in [9.17, 15) is 9.59 Å². The van der Waals surface area contributed by atoms with E-state index in [2.05, 4.69) is 5.32 Å². The maximum absolute atomic E-state index is 13.7. The molecule has 0 bridgehead atoms. The first-order valence-corrected chi connectivity index (χ1v) is 10.2. The fraction of sp³-hybridized carbons (Fsp3) is 0.217. The fourth-order valence-electron chi connectivity index (χ4n) is 3.89. The number of nitrogens with zero attached hydrogens (tertiary/aromatic N) is 1. The van der Waals surface area contributed by atoms with Crippen LogP contribution in [-0.4, -0.2) is 23.9 Å². The van der Waals surface area contributed by atoms with Gasteiger partial charge >= 0.3 is 0 Å². The molecule has 1 N–H and O–H groups in total. The smallest absolute Gasteiger partial charge is 0.252 e. The molecular formula is C23H20Cl2N2O2. The van der Waals surface area contributed by atoms with E-state index in [-0.39, 0.29) is 18.2 Å². The van der Waals surface area contributed by atoms with Crippen LogP contribution in [-0.2, 0) is 16.0 Å². The molecule has 4 rings (SSSR count). The van der Waals surface area contributed by atoms with Gasteiger partial charge in [-0.05, 0) is 36.1 Å². The summed E-state index contributed by atoms with van der Waals surface area (Å²) in [6.07, 6.45) is 0.557. The highest BCUT2D eigenvalue weighted by Crippen LogP contribution is 2.31. The first-order valence-electron chi connectivity index (χ1n) is 9.42. The molecule has 1 atom stereocenters. The topological polar surface area (TPSA) is 49.4 Å². The van der Waals surface area contributed by atoms with E-state index >= 15 is 0 Å². The van der Waals surface area contributed by atoms with Gasteiger partial charge in [0.15, 0.2) is 0 Å². The highest BCUT2D eigenvalue weighted by atomic mass is 35.5. The molecule has 1 heterocycles. The van der Waals surface area contributed by atoms with Gasteiger partial charge in [0.1, 0.15) is 5.54 Å². The van der Waals surface area contributed by atoms with E-state index in [1.807, 2.05) is 48.5 Å². The molecule has 3 aromatic rings. The van der Waals surface area contributed by atoms with Gasteiger partial charge in [-0.25, -0.2) is 0 Å². The predicted octanol–water partition coefficient (Wildman–Crippen LogP) is 5.00. The number of hydrogen-bond donors (Lipinski definition) is 1. The largest absolute Gasteiger partial charge is 0.342 e. The summed E-state index contributed by atoms with van der Waals surface area (Å²) >= 11 is 12.2. The zero-order valence-electron chi connectivity index (χ0n) is 15.9. The number of nitrogens with one attached hydrogen (secondary N) is 1. The first kappa shape index (κ1) is 19.7. The Kier molecular flexibility index (Phi) is 5.24. The van der Waals surface area contributed by atoms with Crippen LogP contribution in [0.4, 0.5) is 5.69 Å². The Morgan fingerprint density at radius 3 is 2.55 bits per heavy atom. The molecule has 4 nitrogen and oxygen atoms in total. The summed E-state index contributed by atoms with van der Waals surface area (Å²) in [6.45, 7) is 2.09. The van der Waals surface area contributed by atoms with Gasteiger partial charge in [-0.1, -0.05) is 65.7 Å². The standard InChI is InChI=1S/C23H20Cl2N2O2/c1-23(14-15-9-10-18(24)19(25)13-15)22(29)27(12-11-21(28)26-23)20-8-4-6-16-5-2-3-7-17(16)20/h2-10,13H,11-12,14H2,1H3,(H,26,28)/t23-/m0/s1. The molecule has 0 unspecified atom stereocenters. The van der Waals surface area contributed by atoms with Crippen molar-refractivity contribution in [2.75, 3.05) is 11.4 Å². The Hall–Kier alpha value is -2.56. The number of anilines is 1. The molecule has 1 aliphatic heterocycles. The number of carbonyl (C=O) groups excluding carboxylic acids is 2. The lowest BCUT2D eigenvalue weighted by Gasteiger charge is -2.33. The van der Waals surface area contributed by atoms with Gasteiger partial charge in [0.25, 0.3) is 5.91 Å². The molecule has 1 fully saturated rings. The van der Waals surface area contributed by atoms with Crippen LogP contribution in [0.2, 0.25) is 10.0 Å². The third kappa shape index (κ3) is 3.83.